The van der Waals surface area contributed by atoms with Gasteiger partial charge in [0.2, 0.25) is 5.78 Å². The molecule has 13 heavy (non-hydrogen) atoms. The fourth-order valence-electron chi connectivity index (χ4n) is 0.954. The van der Waals surface area contributed by atoms with Crippen molar-refractivity contribution in [3.8, 4) is 6.07 Å². The highest BCUT2D eigenvalue weighted by atomic mass is 35.5. The average molecular weight is 198 g/mol. The minimum atomic E-state index is -0.637. The van der Waals surface area contributed by atoms with E-state index >= 15 is 0 Å². The summed E-state index contributed by atoms with van der Waals surface area (Å²) in [5.74, 6) is -0.794. The molecule has 0 aromatic carbocycles. The molecule has 0 saturated heterocycles. The van der Waals surface area contributed by atoms with Gasteiger partial charge in [-0.25, -0.2) is 0 Å². The molecule has 1 aromatic rings. The molecule has 3 nitrogen and oxygen atoms in total. The molecule has 0 aliphatic rings. The fourth-order valence-corrected chi connectivity index (χ4v) is 1.10. The number of furan rings is 1. The first-order chi connectivity index (χ1) is 6.19. The van der Waals surface area contributed by atoms with Gasteiger partial charge in [0.15, 0.2) is 11.0 Å². The van der Waals surface area contributed by atoms with Crippen molar-refractivity contribution in [1.82, 2.24) is 0 Å². The summed E-state index contributed by atoms with van der Waals surface area (Å²) in [4.78, 5) is 11.4. The van der Waals surface area contributed by atoms with Crippen LogP contribution >= 0.6 is 11.6 Å². The second-order valence-electron chi connectivity index (χ2n) is 2.56. The summed E-state index contributed by atoms with van der Waals surface area (Å²) in [5.41, 5.74) is 0. The number of nitriles is 1. The van der Waals surface area contributed by atoms with Crippen molar-refractivity contribution >= 4 is 17.4 Å². The molecule has 0 N–H and O–H groups in total. The predicted octanol–water partition coefficient (Wildman–Crippen LogP) is 2.67. The van der Waals surface area contributed by atoms with Crippen LogP contribution in [-0.4, -0.2) is 5.78 Å². The van der Waals surface area contributed by atoms with E-state index in [1.54, 1.807) is 6.92 Å². The number of Topliss-reactive ketones (excluding diaryl/α,β-unsaturated/α-hetero) is 1. The maximum absolute atomic E-state index is 11.4. The van der Waals surface area contributed by atoms with E-state index in [1.807, 2.05) is 6.07 Å². The van der Waals surface area contributed by atoms with E-state index < -0.39 is 5.92 Å². The summed E-state index contributed by atoms with van der Waals surface area (Å²) in [7, 11) is 0. The monoisotopic (exact) mass is 197 g/mol. The molecule has 0 bridgehead atoms. The van der Waals surface area contributed by atoms with Gasteiger partial charge in [-0.3, -0.25) is 4.79 Å². The van der Waals surface area contributed by atoms with Crippen molar-refractivity contribution in [1.29, 1.82) is 5.26 Å². The predicted molar refractivity (Wildman–Crippen MR) is 47.4 cm³/mol. The lowest BCUT2D eigenvalue weighted by Gasteiger charge is -2.00. The standard InChI is InChI=1S/C9H8ClNO2/c1-2-6(5-11)9(12)7-3-4-8(10)13-7/h3-4,6H,2H2,1H3. The van der Waals surface area contributed by atoms with Crippen LogP contribution in [0.25, 0.3) is 0 Å². The van der Waals surface area contributed by atoms with Gasteiger partial charge in [0.1, 0.15) is 5.92 Å². The molecule has 0 amide bonds. The van der Waals surface area contributed by atoms with Gasteiger partial charge in [-0.2, -0.15) is 5.26 Å². The largest absolute Gasteiger partial charge is 0.442 e. The Kier molecular flexibility index (Phi) is 3.10. The molecule has 0 saturated carbocycles. The smallest absolute Gasteiger partial charge is 0.215 e. The van der Waals surface area contributed by atoms with Crippen LogP contribution in [0.15, 0.2) is 16.5 Å². The van der Waals surface area contributed by atoms with Crippen molar-refractivity contribution in [2.24, 2.45) is 5.92 Å². The second-order valence-corrected chi connectivity index (χ2v) is 2.93. The third-order valence-electron chi connectivity index (χ3n) is 1.70. The van der Waals surface area contributed by atoms with E-state index in [1.165, 1.54) is 12.1 Å². The lowest BCUT2D eigenvalue weighted by molar-refractivity contribution is 0.0919. The maximum Gasteiger partial charge on any atom is 0.215 e. The molecule has 1 atom stereocenters. The molecule has 0 fully saturated rings. The number of carbonyl (C=O) groups is 1. The van der Waals surface area contributed by atoms with E-state index in [-0.39, 0.29) is 16.8 Å². The van der Waals surface area contributed by atoms with Crippen LogP contribution in [0.2, 0.25) is 5.22 Å². The Labute approximate surface area is 80.9 Å². The Morgan fingerprint density at radius 3 is 2.85 bits per heavy atom. The fraction of sp³-hybridized carbons (Fsp3) is 0.333. The van der Waals surface area contributed by atoms with Crippen LogP contribution in [-0.2, 0) is 0 Å². The summed E-state index contributed by atoms with van der Waals surface area (Å²) in [6, 6.07) is 4.87. The SMILES string of the molecule is CCC(C#N)C(=O)c1ccc(Cl)o1. The Bertz CT molecular complexity index is 351. The Hall–Kier alpha value is -1.27. The van der Waals surface area contributed by atoms with Gasteiger partial charge in [-0.15, -0.1) is 0 Å². The molecule has 0 spiro atoms. The summed E-state index contributed by atoms with van der Waals surface area (Å²) in [5, 5.41) is 8.78. The third kappa shape index (κ3) is 2.10. The molecule has 0 radical (unpaired) electrons. The van der Waals surface area contributed by atoms with Crippen molar-refractivity contribution < 1.29 is 9.21 Å². The molecular weight excluding hydrogens is 190 g/mol. The van der Waals surface area contributed by atoms with Gasteiger partial charge in [0, 0.05) is 0 Å². The Balaban J connectivity index is 2.85. The molecule has 1 rings (SSSR count). The normalized spacial score (nSPS) is 12.1. The molecule has 1 aromatic heterocycles. The van der Waals surface area contributed by atoms with Crippen molar-refractivity contribution in [3.05, 3.63) is 23.1 Å². The number of nitrogens with zero attached hydrogens (tertiary/aromatic N) is 1. The zero-order valence-corrected chi connectivity index (χ0v) is 7.84. The molecule has 68 valence electrons. The summed E-state index contributed by atoms with van der Waals surface area (Å²) < 4.78 is 4.89. The first kappa shape index (κ1) is 9.82. The number of carbonyl (C=O) groups excluding carboxylic acids is 1. The summed E-state index contributed by atoms with van der Waals surface area (Å²) >= 11 is 5.49. The van der Waals surface area contributed by atoms with E-state index in [0.29, 0.717) is 6.42 Å². The third-order valence-corrected chi connectivity index (χ3v) is 1.90. The van der Waals surface area contributed by atoms with Gasteiger partial charge in [0.05, 0.1) is 6.07 Å². The lowest BCUT2D eigenvalue weighted by Crippen LogP contribution is -2.10. The molecule has 0 aliphatic heterocycles. The minimum Gasteiger partial charge on any atom is -0.442 e. The lowest BCUT2D eigenvalue weighted by atomic mass is 10.0. The van der Waals surface area contributed by atoms with Gasteiger partial charge < -0.3 is 4.42 Å². The first-order valence-electron chi connectivity index (χ1n) is 3.88. The Morgan fingerprint density at radius 1 is 1.77 bits per heavy atom. The van der Waals surface area contributed by atoms with Crippen LogP contribution in [0.3, 0.4) is 0 Å². The zero-order chi connectivity index (χ0) is 9.84. The van der Waals surface area contributed by atoms with E-state index in [4.69, 9.17) is 21.3 Å². The molecule has 1 unspecified atom stereocenters. The Morgan fingerprint density at radius 2 is 2.46 bits per heavy atom. The number of hydrogen-bond acceptors (Lipinski definition) is 3. The maximum atomic E-state index is 11.4. The topological polar surface area (TPSA) is 54.0 Å². The second kappa shape index (κ2) is 4.11. The van der Waals surface area contributed by atoms with E-state index in [9.17, 15) is 4.79 Å². The number of halogens is 1. The highest BCUT2D eigenvalue weighted by Gasteiger charge is 2.20. The van der Waals surface area contributed by atoms with Gasteiger partial charge >= 0.3 is 0 Å². The average Bonchev–Trinajstić information content (AvgIpc) is 2.54. The van der Waals surface area contributed by atoms with E-state index in [0.717, 1.165) is 0 Å². The van der Waals surface area contributed by atoms with Crippen LogP contribution in [0, 0.1) is 17.2 Å². The molecule has 4 heteroatoms. The van der Waals surface area contributed by atoms with Gasteiger partial charge in [0.25, 0.3) is 0 Å². The van der Waals surface area contributed by atoms with E-state index in [2.05, 4.69) is 0 Å². The first-order valence-corrected chi connectivity index (χ1v) is 4.26. The molecular formula is C9H8ClNO2. The van der Waals surface area contributed by atoms with Crippen LogP contribution in [0.1, 0.15) is 23.9 Å². The summed E-state index contributed by atoms with van der Waals surface area (Å²) in [6.45, 7) is 1.77. The van der Waals surface area contributed by atoms with Crippen molar-refractivity contribution in [2.75, 3.05) is 0 Å². The number of rotatable bonds is 3. The molecule has 1 heterocycles. The highest BCUT2D eigenvalue weighted by Crippen LogP contribution is 2.17. The minimum absolute atomic E-state index is 0.151. The van der Waals surface area contributed by atoms with Gasteiger partial charge in [-0.05, 0) is 30.2 Å². The zero-order valence-electron chi connectivity index (χ0n) is 7.08. The highest BCUT2D eigenvalue weighted by molar-refractivity contribution is 6.29. The van der Waals surface area contributed by atoms with Gasteiger partial charge in [-0.1, -0.05) is 6.92 Å². The number of ketones is 1. The van der Waals surface area contributed by atoms with Crippen LogP contribution in [0.4, 0.5) is 0 Å². The number of hydrogen-bond donors (Lipinski definition) is 0. The summed E-state index contributed by atoms with van der Waals surface area (Å²) in [6.07, 6.45) is 0.480. The van der Waals surface area contributed by atoms with Crippen molar-refractivity contribution in [2.45, 2.75) is 13.3 Å². The quantitative estimate of drug-likeness (QED) is 0.700. The molecule has 0 aliphatic carbocycles. The van der Waals surface area contributed by atoms with Crippen LogP contribution < -0.4 is 0 Å². The van der Waals surface area contributed by atoms with Crippen LogP contribution in [0.5, 0.6) is 0 Å². The van der Waals surface area contributed by atoms with Crippen molar-refractivity contribution in [3.63, 3.8) is 0 Å².